The van der Waals surface area contributed by atoms with Crippen molar-refractivity contribution in [2.75, 3.05) is 5.32 Å². The van der Waals surface area contributed by atoms with Gasteiger partial charge >= 0.3 is 6.18 Å². The molecule has 9 heteroatoms. The Morgan fingerprint density at radius 1 is 1.24 bits per heavy atom. The fraction of sp³-hybridized carbons (Fsp3) is 0.0833. The first kappa shape index (κ1) is 15.0. The quantitative estimate of drug-likeness (QED) is 0.674. The second-order valence-electron chi connectivity index (χ2n) is 3.80. The van der Waals surface area contributed by atoms with Gasteiger partial charge in [-0.15, -0.1) is 0 Å². The van der Waals surface area contributed by atoms with Crippen molar-refractivity contribution >= 4 is 23.1 Å². The number of aromatic nitrogens is 2. The molecular formula is C12H5ClF4N4. The van der Waals surface area contributed by atoms with Crippen LogP contribution in [0.1, 0.15) is 11.4 Å². The number of rotatable bonds is 2. The predicted octanol–water partition coefficient (Wildman–Crippen LogP) is 3.90. The molecule has 0 unspecified atom stereocenters. The molecule has 1 aromatic heterocycles. The van der Waals surface area contributed by atoms with Crippen molar-refractivity contribution < 1.29 is 17.6 Å². The SMILES string of the molecule is N#Cc1c(F)cccc1Nc1cc(Cl)nc(C(F)(F)F)n1. The van der Waals surface area contributed by atoms with Crippen molar-refractivity contribution in [3.8, 4) is 6.07 Å². The van der Waals surface area contributed by atoms with Crippen LogP contribution in [0.3, 0.4) is 0 Å². The molecule has 0 aliphatic rings. The number of halogens is 5. The third kappa shape index (κ3) is 3.38. The summed E-state index contributed by atoms with van der Waals surface area (Å²) in [4.78, 5) is 6.30. The van der Waals surface area contributed by atoms with E-state index in [0.717, 1.165) is 12.1 Å². The van der Waals surface area contributed by atoms with Gasteiger partial charge in [0.05, 0.1) is 5.69 Å². The molecule has 1 N–H and O–H groups in total. The number of alkyl halides is 3. The summed E-state index contributed by atoms with van der Waals surface area (Å²) >= 11 is 5.50. The van der Waals surface area contributed by atoms with Gasteiger partial charge in [-0.1, -0.05) is 17.7 Å². The highest BCUT2D eigenvalue weighted by molar-refractivity contribution is 6.29. The molecule has 2 aromatic rings. The Balaban J connectivity index is 2.44. The van der Waals surface area contributed by atoms with E-state index in [-0.39, 0.29) is 17.1 Å². The molecule has 0 fully saturated rings. The number of nitriles is 1. The number of anilines is 2. The third-order valence-electron chi connectivity index (χ3n) is 2.34. The Hall–Kier alpha value is -2.40. The van der Waals surface area contributed by atoms with Crippen LogP contribution in [0.25, 0.3) is 0 Å². The van der Waals surface area contributed by atoms with Gasteiger partial charge in [0, 0.05) is 6.07 Å². The minimum Gasteiger partial charge on any atom is -0.339 e. The zero-order chi connectivity index (χ0) is 15.6. The van der Waals surface area contributed by atoms with Gasteiger partial charge in [-0.05, 0) is 12.1 Å². The van der Waals surface area contributed by atoms with Crippen LogP contribution in [0.4, 0.5) is 29.1 Å². The molecule has 0 bridgehead atoms. The molecule has 1 aromatic carbocycles. The van der Waals surface area contributed by atoms with Crippen molar-refractivity contribution in [2.24, 2.45) is 0 Å². The first-order chi connectivity index (χ1) is 9.81. The van der Waals surface area contributed by atoms with Gasteiger partial charge in [-0.2, -0.15) is 18.4 Å². The molecule has 0 aliphatic heterocycles. The Labute approximate surface area is 121 Å². The average Bonchev–Trinajstić information content (AvgIpc) is 2.37. The van der Waals surface area contributed by atoms with Gasteiger partial charge in [-0.25, -0.2) is 14.4 Å². The largest absolute Gasteiger partial charge is 0.451 e. The maximum Gasteiger partial charge on any atom is 0.451 e. The van der Waals surface area contributed by atoms with Crippen LogP contribution in [0.2, 0.25) is 5.15 Å². The lowest BCUT2D eigenvalue weighted by atomic mass is 10.2. The number of benzene rings is 1. The molecule has 0 saturated heterocycles. The van der Waals surface area contributed by atoms with Gasteiger partial charge < -0.3 is 5.32 Å². The zero-order valence-electron chi connectivity index (χ0n) is 10.0. The average molecular weight is 317 g/mol. The first-order valence-corrected chi connectivity index (χ1v) is 5.76. The van der Waals surface area contributed by atoms with Gasteiger partial charge in [0.1, 0.15) is 28.4 Å². The second kappa shape index (κ2) is 5.54. The van der Waals surface area contributed by atoms with Crippen LogP contribution in [-0.2, 0) is 6.18 Å². The van der Waals surface area contributed by atoms with E-state index in [1.54, 1.807) is 6.07 Å². The van der Waals surface area contributed by atoms with Crippen LogP contribution in [0.15, 0.2) is 24.3 Å². The van der Waals surface area contributed by atoms with E-state index in [9.17, 15) is 17.6 Å². The van der Waals surface area contributed by atoms with Crippen LogP contribution >= 0.6 is 11.6 Å². The van der Waals surface area contributed by atoms with E-state index in [0.29, 0.717) is 0 Å². The maximum atomic E-state index is 13.4. The fourth-order valence-electron chi connectivity index (χ4n) is 1.49. The van der Waals surface area contributed by atoms with E-state index in [1.165, 1.54) is 12.1 Å². The van der Waals surface area contributed by atoms with Crippen molar-refractivity contribution in [3.63, 3.8) is 0 Å². The highest BCUT2D eigenvalue weighted by atomic mass is 35.5. The maximum absolute atomic E-state index is 13.4. The first-order valence-electron chi connectivity index (χ1n) is 5.38. The Morgan fingerprint density at radius 2 is 1.95 bits per heavy atom. The number of hydrogen-bond acceptors (Lipinski definition) is 4. The van der Waals surface area contributed by atoms with Crippen molar-refractivity contribution in [1.82, 2.24) is 9.97 Å². The lowest BCUT2D eigenvalue weighted by Crippen LogP contribution is -2.12. The molecule has 4 nitrogen and oxygen atoms in total. The molecule has 108 valence electrons. The normalized spacial score (nSPS) is 11.0. The minimum absolute atomic E-state index is 0.0274. The molecule has 0 amide bonds. The molecular weight excluding hydrogens is 312 g/mol. The van der Waals surface area contributed by atoms with Crippen LogP contribution in [-0.4, -0.2) is 9.97 Å². The van der Waals surface area contributed by atoms with Gasteiger partial charge in [0.15, 0.2) is 0 Å². The molecule has 0 radical (unpaired) electrons. The van der Waals surface area contributed by atoms with Crippen molar-refractivity contribution in [2.45, 2.75) is 6.18 Å². The molecule has 0 spiro atoms. The Morgan fingerprint density at radius 3 is 2.57 bits per heavy atom. The Kier molecular flexibility index (Phi) is 3.95. The third-order valence-corrected chi connectivity index (χ3v) is 2.53. The van der Waals surface area contributed by atoms with Gasteiger partial charge in [0.25, 0.3) is 0 Å². The summed E-state index contributed by atoms with van der Waals surface area (Å²) in [6, 6.07) is 6.31. The monoisotopic (exact) mass is 316 g/mol. The highest BCUT2D eigenvalue weighted by Crippen LogP contribution is 2.29. The summed E-state index contributed by atoms with van der Waals surface area (Å²) in [5.41, 5.74) is -0.374. The molecule has 0 aliphatic carbocycles. The minimum atomic E-state index is -4.78. The molecule has 0 atom stereocenters. The standard InChI is InChI=1S/C12H5ClF4N4/c13-9-4-10(21-11(20-9)12(15,16)17)19-8-3-1-2-7(14)6(8)5-18/h1-4H,(H,19,20,21). The summed E-state index contributed by atoms with van der Waals surface area (Å²) < 4.78 is 51.1. The summed E-state index contributed by atoms with van der Waals surface area (Å²) in [6.07, 6.45) is -4.78. The lowest BCUT2D eigenvalue weighted by molar-refractivity contribution is -0.144. The molecule has 1 heterocycles. The van der Waals surface area contributed by atoms with Gasteiger partial charge in [-0.3, -0.25) is 0 Å². The van der Waals surface area contributed by atoms with Crippen LogP contribution < -0.4 is 5.32 Å². The van der Waals surface area contributed by atoms with Crippen molar-refractivity contribution in [1.29, 1.82) is 5.26 Å². The second-order valence-corrected chi connectivity index (χ2v) is 4.18. The highest BCUT2D eigenvalue weighted by Gasteiger charge is 2.35. The van der Waals surface area contributed by atoms with Crippen LogP contribution in [0, 0.1) is 17.1 Å². The zero-order valence-corrected chi connectivity index (χ0v) is 10.8. The summed E-state index contributed by atoms with van der Waals surface area (Å²) in [5.74, 6) is -2.55. The lowest BCUT2D eigenvalue weighted by Gasteiger charge is -2.10. The van der Waals surface area contributed by atoms with Crippen LogP contribution in [0.5, 0.6) is 0 Å². The number of hydrogen-bond donors (Lipinski definition) is 1. The summed E-state index contributed by atoms with van der Waals surface area (Å²) in [7, 11) is 0. The molecule has 21 heavy (non-hydrogen) atoms. The van der Waals surface area contributed by atoms with E-state index in [2.05, 4.69) is 15.3 Å². The smallest absolute Gasteiger partial charge is 0.339 e. The summed E-state index contributed by atoms with van der Waals surface area (Å²) in [6.45, 7) is 0. The molecule has 0 saturated carbocycles. The number of nitrogens with zero attached hydrogens (tertiary/aromatic N) is 3. The summed E-state index contributed by atoms with van der Waals surface area (Å²) in [5, 5.41) is 10.8. The van der Waals surface area contributed by atoms with E-state index < -0.39 is 23.0 Å². The van der Waals surface area contributed by atoms with E-state index in [1.807, 2.05) is 0 Å². The van der Waals surface area contributed by atoms with Gasteiger partial charge in [0.2, 0.25) is 5.82 Å². The Bertz CT molecular complexity index is 724. The van der Waals surface area contributed by atoms with E-state index >= 15 is 0 Å². The van der Waals surface area contributed by atoms with Crippen molar-refractivity contribution in [3.05, 3.63) is 46.6 Å². The topological polar surface area (TPSA) is 61.6 Å². The fourth-order valence-corrected chi connectivity index (χ4v) is 1.67. The molecule has 2 rings (SSSR count). The van der Waals surface area contributed by atoms with E-state index in [4.69, 9.17) is 16.9 Å². The number of nitrogens with one attached hydrogen (secondary N) is 1. The predicted molar refractivity (Wildman–Crippen MR) is 66.4 cm³/mol.